The summed E-state index contributed by atoms with van der Waals surface area (Å²) in [7, 11) is 0. The van der Waals surface area contributed by atoms with Crippen LogP contribution in [0.5, 0.6) is 0 Å². The van der Waals surface area contributed by atoms with Gasteiger partial charge in [0.05, 0.1) is 6.10 Å². The first-order chi connectivity index (χ1) is 6.00. The van der Waals surface area contributed by atoms with E-state index in [2.05, 4.69) is 0 Å². The van der Waals surface area contributed by atoms with Crippen LogP contribution in [0.4, 0.5) is 4.39 Å². The van der Waals surface area contributed by atoms with Crippen LogP contribution < -0.4 is 0 Å². The molecule has 0 saturated heterocycles. The van der Waals surface area contributed by atoms with E-state index in [-0.39, 0.29) is 5.92 Å². The maximum atomic E-state index is 12.9. The van der Waals surface area contributed by atoms with Crippen molar-refractivity contribution in [2.45, 2.75) is 20.0 Å². The van der Waals surface area contributed by atoms with Crippen molar-refractivity contribution in [3.8, 4) is 0 Å². The largest absolute Gasteiger partial charge is 0.388 e. The Morgan fingerprint density at radius 2 is 1.92 bits per heavy atom. The molecule has 0 saturated carbocycles. The lowest BCUT2D eigenvalue weighted by atomic mass is 9.99. The zero-order chi connectivity index (χ0) is 10.0. The van der Waals surface area contributed by atoms with Crippen LogP contribution in [0, 0.1) is 11.7 Å². The van der Waals surface area contributed by atoms with Gasteiger partial charge in [0, 0.05) is 5.02 Å². The molecule has 0 aromatic heterocycles. The van der Waals surface area contributed by atoms with Gasteiger partial charge >= 0.3 is 0 Å². The molecule has 0 aliphatic heterocycles. The van der Waals surface area contributed by atoms with Crippen LogP contribution in [0.2, 0.25) is 5.02 Å². The van der Waals surface area contributed by atoms with Crippen LogP contribution in [0.25, 0.3) is 0 Å². The number of aliphatic hydroxyl groups is 1. The maximum absolute atomic E-state index is 12.9. The molecule has 1 aromatic carbocycles. The molecule has 0 heterocycles. The fraction of sp³-hybridized carbons (Fsp3) is 0.400. The molecular weight excluding hydrogens is 191 g/mol. The van der Waals surface area contributed by atoms with E-state index in [0.29, 0.717) is 10.6 Å². The Morgan fingerprint density at radius 1 is 1.31 bits per heavy atom. The predicted molar refractivity (Wildman–Crippen MR) is 51.2 cm³/mol. The highest BCUT2D eigenvalue weighted by atomic mass is 35.5. The monoisotopic (exact) mass is 202 g/mol. The van der Waals surface area contributed by atoms with Crippen molar-refractivity contribution in [1.82, 2.24) is 0 Å². The number of rotatable bonds is 2. The van der Waals surface area contributed by atoms with Gasteiger partial charge in [-0.15, -0.1) is 0 Å². The molecule has 1 N–H and O–H groups in total. The van der Waals surface area contributed by atoms with E-state index in [0.717, 1.165) is 0 Å². The van der Waals surface area contributed by atoms with Crippen LogP contribution in [-0.2, 0) is 0 Å². The van der Waals surface area contributed by atoms with Gasteiger partial charge in [-0.3, -0.25) is 0 Å². The minimum absolute atomic E-state index is 0.0536. The normalized spacial score (nSPS) is 13.4. The molecule has 1 rings (SSSR count). The van der Waals surface area contributed by atoms with E-state index in [1.54, 1.807) is 6.07 Å². The molecule has 0 spiro atoms. The van der Waals surface area contributed by atoms with E-state index in [1.165, 1.54) is 12.1 Å². The van der Waals surface area contributed by atoms with Gasteiger partial charge in [-0.2, -0.15) is 0 Å². The molecule has 1 aromatic rings. The van der Waals surface area contributed by atoms with Crippen molar-refractivity contribution >= 4 is 11.6 Å². The third-order valence-corrected chi connectivity index (χ3v) is 2.08. The molecule has 72 valence electrons. The summed E-state index contributed by atoms with van der Waals surface area (Å²) in [6.07, 6.45) is -0.659. The summed E-state index contributed by atoms with van der Waals surface area (Å²) in [5, 5.41) is 9.94. The molecule has 1 atom stereocenters. The lowest BCUT2D eigenvalue weighted by Gasteiger charge is -2.14. The molecule has 3 heteroatoms. The second-order valence-corrected chi connectivity index (χ2v) is 3.83. The quantitative estimate of drug-likeness (QED) is 0.781. The number of halogens is 2. The highest BCUT2D eigenvalue weighted by Gasteiger charge is 2.13. The first-order valence-corrected chi connectivity index (χ1v) is 4.52. The smallest absolute Gasteiger partial charge is 0.125 e. The molecule has 0 fully saturated rings. The molecule has 13 heavy (non-hydrogen) atoms. The van der Waals surface area contributed by atoms with Gasteiger partial charge in [-0.05, 0) is 29.7 Å². The Morgan fingerprint density at radius 3 is 2.38 bits per heavy atom. The number of hydrogen-bond acceptors (Lipinski definition) is 1. The van der Waals surface area contributed by atoms with Gasteiger partial charge in [0.25, 0.3) is 0 Å². The van der Waals surface area contributed by atoms with Crippen molar-refractivity contribution in [2.75, 3.05) is 0 Å². The molecule has 1 nitrogen and oxygen atoms in total. The van der Waals surface area contributed by atoms with Gasteiger partial charge in [0.2, 0.25) is 0 Å². The fourth-order valence-corrected chi connectivity index (χ4v) is 1.36. The van der Waals surface area contributed by atoms with E-state index < -0.39 is 11.9 Å². The molecule has 1 unspecified atom stereocenters. The van der Waals surface area contributed by atoms with E-state index in [9.17, 15) is 9.50 Å². The minimum Gasteiger partial charge on any atom is -0.388 e. The Kier molecular flexibility index (Phi) is 3.28. The third-order valence-electron chi connectivity index (χ3n) is 1.86. The number of aliphatic hydroxyl groups excluding tert-OH is 1. The van der Waals surface area contributed by atoms with Crippen LogP contribution >= 0.6 is 11.6 Å². The first kappa shape index (κ1) is 10.5. The molecular formula is C10H12ClFO. The molecule has 0 aliphatic rings. The van der Waals surface area contributed by atoms with Gasteiger partial charge in [-0.1, -0.05) is 25.4 Å². The van der Waals surface area contributed by atoms with Gasteiger partial charge in [0.15, 0.2) is 0 Å². The third kappa shape index (κ3) is 2.68. The van der Waals surface area contributed by atoms with Gasteiger partial charge in [0.1, 0.15) is 5.82 Å². The molecule has 0 radical (unpaired) electrons. The van der Waals surface area contributed by atoms with Crippen LogP contribution in [0.3, 0.4) is 0 Å². The Labute approximate surface area is 82.2 Å². The lowest BCUT2D eigenvalue weighted by Crippen LogP contribution is -2.05. The minimum atomic E-state index is -0.659. The summed E-state index contributed by atoms with van der Waals surface area (Å²) < 4.78 is 12.9. The summed E-state index contributed by atoms with van der Waals surface area (Å²) >= 11 is 5.65. The predicted octanol–water partition coefficient (Wildman–Crippen LogP) is 3.17. The number of benzene rings is 1. The highest BCUT2D eigenvalue weighted by Crippen LogP contribution is 2.24. The first-order valence-electron chi connectivity index (χ1n) is 4.14. The summed E-state index contributed by atoms with van der Waals surface area (Å²) in [5.41, 5.74) is 0.528. The maximum Gasteiger partial charge on any atom is 0.125 e. The zero-order valence-corrected chi connectivity index (χ0v) is 8.35. The van der Waals surface area contributed by atoms with E-state index in [1.807, 2.05) is 13.8 Å². The summed E-state index contributed by atoms with van der Waals surface area (Å²) in [4.78, 5) is 0. The summed E-state index contributed by atoms with van der Waals surface area (Å²) in [6.45, 7) is 3.73. The highest BCUT2D eigenvalue weighted by molar-refractivity contribution is 6.30. The summed E-state index contributed by atoms with van der Waals surface area (Å²) in [6, 6.07) is 4.10. The van der Waals surface area contributed by atoms with Crippen molar-refractivity contribution in [3.05, 3.63) is 34.6 Å². The fourth-order valence-electron chi connectivity index (χ4n) is 1.13. The Bertz CT molecular complexity index is 279. The second-order valence-electron chi connectivity index (χ2n) is 3.39. The topological polar surface area (TPSA) is 20.2 Å². The average molecular weight is 203 g/mol. The van der Waals surface area contributed by atoms with Crippen LogP contribution in [0.1, 0.15) is 25.5 Å². The van der Waals surface area contributed by atoms with Crippen molar-refractivity contribution in [1.29, 1.82) is 0 Å². The average Bonchev–Trinajstić information content (AvgIpc) is 2.01. The Balaban J connectivity index is 3.01. The number of hydrogen-bond donors (Lipinski definition) is 1. The van der Waals surface area contributed by atoms with E-state index >= 15 is 0 Å². The molecule has 0 amide bonds. The van der Waals surface area contributed by atoms with Gasteiger partial charge < -0.3 is 5.11 Å². The van der Waals surface area contributed by atoms with Crippen molar-refractivity contribution in [3.63, 3.8) is 0 Å². The van der Waals surface area contributed by atoms with E-state index in [4.69, 9.17) is 11.6 Å². The second kappa shape index (κ2) is 4.07. The lowest BCUT2D eigenvalue weighted by molar-refractivity contribution is 0.126. The van der Waals surface area contributed by atoms with Gasteiger partial charge in [-0.25, -0.2) is 4.39 Å². The molecule has 0 bridgehead atoms. The Hall–Kier alpha value is -0.600. The van der Waals surface area contributed by atoms with Crippen molar-refractivity contribution < 1.29 is 9.50 Å². The van der Waals surface area contributed by atoms with Crippen LogP contribution in [-0.4, -0.2) is 5.11 Å². The SMILES string of the molecule is CC(C)C(O)c1cc(F)cc(Cl)c1. The zero-order valence-electron chi connectivity index (χ0n) is 7.59. The van der Waals surface area contributed by atoms with Crippen LogP contribution in [0.15, 0.2) is 18.2 Å². The van der Waals surface area contributed by atoms with Crippen molar-refractivity contribution in [2.24, 2.45) is 5.92 Å². The standard InChI is InChI=1S/C10H12ClFO/c1-6(2)10(13)7-3-8(11)5-9(12)4-7/h3-6,10,13H,1-2H3. The summed E-state index contributed by atoms with van der Waals surface area (Å²) in [5.74, 6) is -0.361. The molecule has 0 aliphatic carbocycles.